The quantitative estimate of drug-likeness (QED) is 0.818. The van der Waals surface area contributed by atoms with Crippen molar-refractivity contribution < 1.29 is 19.8 Å². The van der Waals surface area contributed by atoms with Crippen molar-refractivity contribution in [3.63, 3.8) is 0 Å². The molecule has 1 heterocycles. The van der Waals surface area contributed by atoms with Crippen LogP contribution in [-0.4, -0.2) is 22.0 Å². The van der Waals surface area contributed by atoms with Crippen LogP contribution in [-0.2, 0) is 0 Å². The molecule has 0 aliphatic heterocycles. The number of carbonyl (C=O) groups excluding carboxylic acids is 1. The van der Waals surface area contributed by atoms with Crippen molar-refractivity contribution in [3.05, 3.63) is 51.7 Å². The Kier molecular flexibility index (Phi) is 2.93. The van der Waals surface area contributed by atoms with Crippen molar-refractivity contribution >= 4 is 23.1 Å². The minimum atomic E-state index is -1.16. The Hall–Kier alpha value is -2.14. The number of rotatable bonds is 3. The summed E-state index contributed by atoms with van der Waals surface area (Å²) >= 11 is 0.771. The van der Waals surface area contributed by atoms with Gasteiger partial charge in [0.2, 0.25) is 5.78 Å². The van der Waals surface area contributed by atoms with Crippen LogP contribution >= 0.6 is 11.3 Å². The first-order chi connectivity index (χ1) is 8.09. The van der Waals surface area contributed by atoms with Crippen LogP contribution in [0.4, 0.5) is 0 Å². The van der Waals surface area contributed by atoms with Crippen LogP contribution in [0.25, 0.3) is 0 Å². The molecule has 0 saturated heterocycles. The van der Waals surface area contributed by atoms with Gasteiger partial charge >= 0.3 is 5.97 Å². The summed E-state index contributed by atoms with van der Waals surface area (Å²) in [5.41, 5.74) is 0.418. The van der Waals surface area contributed by atoms with Gasteiger partial charge in [0, 0.05) is 11.6 Å². The Morgan fingerprint density at radius 1 is 1.12 bits per heavy atom. The van der Waals surface area contributed by atoms with E-state index in [4.69, 9.17) is 5.11 Å². The van der Waals surface area contributed by atoms with Crippen molar-refractivity contribution in [2.24, 2.45) is 0 Å². The molecule has 0 saturated carbocycles. The fourth-order valence-corrected chi connectivity index (χ4v) is 2.22. The summed E-state index contributed by atoms with van der Waals surface area (Å²) in [7, 11) is 0. The number of hydrogen-bond donors (Lipinski definition) is 2. The van der Waals surface area contributed by atoms with Crippen LogP contribution in [0, 0.1) is 0 Å². The number of thiophene rings is 1. The number of aromatic carboxylic acids is 1. The second kappa shape index (κ2) is 4.39. The second-order valence-corrected chi connectivity index (χ2v) is 4.38. The maximum absolute atomic E-state index is 12.0. The van der Waals surface area contributed by atoms with E-state index in [1.807, 2.05) is 0 Å². The van der Waals surface area contributed by atoms with E-state index in [9.17, 15) is 14.7 Å². The smallest absolute Gasteiger partial charge is 0.346 e. The first-order valence-electron chi connectivity index (χ1n) is 4.75. The number of carboxylic acids is 1. The topological polar surface area (TPSA) is 74.6 Å². The molecule has 2 aromatic rings. The highest BCUT2D eigenvalue weighted by Gasteiger charge is 2.19. The average molecular weight is 248 g/mol. The minimum Gasteiger partial charge on any atom is -0.506 e. The van der Waals surface area contributed by atoms with Gasteiger partial charge in [-0.05, 0) is 0 Å². The average Bonchev–Trinajstić information content (AvgIpc) is 2.72. The van der Waals surface area contributed by atoms with Gasteiger partial charge in [0.1, 0.15) is 15.5 Å². The van der Waals surface area contributed by atoms with E-state index in [1.54, 1.807) is 30.3 Å². The molecule has 2 N–H and O–H groups in total. The van der Waals surface area contributed by atoms with Gasteiger partial charge in [-0.15, -0.1) is 11.3 Å². The Morgan fingerprint density at radius 3 is 2.29 bits per heavy atom. The lowest BCUT2D eigenvalue weighted by molar-refractivity contribution is 0.0701. The van der Waals surface area contributed by atoms with E-state index in [0.717, 1.165) is 17.4 Å². The van der Waals surface area contributed by atoms with E-state index >= 15 is 0 Å². The van der Waals surface area contributed by atoms with E-state index in [2.05, 4.69) is 0 Å². The van der Waals surface area contributed by atoms with Gasteiger partial charge in [0.25, 0.3) is 0 Å². The minimum absolute atomic E-state index is 0.0496. The third-order valence-corrected chi connectivity index (χ3v) is 3.28. The van der Waals surface area contributed by atoms with Crippen LogP contribution < -0.4 is 0 Å². The van der Waals surface area contributed by atoms with E-state index in [-0.39, 0.29) is 21.3 Å². The summed E-state index contributed by atoms with van der Waals surface area (Å²) in [6.45, 7) is 0. The summed E-state index contributed by atoms with van der Waals surface area (Å²) in [4.78, 5) is 22.7. The molecular formula is C12H8O4S. The molecule has 1 aromatic carbocycles. The zero-order valence-electron chi connectivity index (χ0n) is 8.58. The molecular weight excluding hydrogens is 240 g/mol. The molecule has 0 amide bonds. The summed E-state index contributed by atoms with van der Waals surface area (Å²) in [6, 6.07) is 9.49. The molecule has 0 radical (unpaired) electrons. The van der Waals surface area contributed by atoms with Gasteiger partial charge in [-0.2, -0.15) is 0 Å². The lowest BCUT2D eigenvalue weighted by atomic mass is 10.1. The van der Waals surface area contributed by atoms with Crippen LogP contribution in [0.5, 0.6) is 5.75 Å². The maximum atomic E-state index is 12.0. The monoisotopic (exact) mass is 248 g/mol. The molecule has 1 aromatic heterocycles. The number of hydrogen-bond acceptors (Lipinski definition) is 4. The first-order valence-corrected chi connectivity index (χ1v) is 5.57. The Labute approximate surface area is 101 Å². The number of benzene rings is 1. The fraction of sp³-hybridized carbons (Fsp3) is 0. The van der Waals surface area contributed by atoms with Gasteiger partial charge in [0.05, 0.1) is 0 Å². The van der Waals surface area contributed by atoms with Gasteiger partial charge in [-0.25, -0.2) is 4.79 Å². The lowest BCUT2D eigenvalue weighted by Crippen LogP contribution is -1.98. The fourth-order valence-electron chi connectivity index (χ4n) is 1.37. The van der Waals surface area contributed by atoms with Crippen molar-refractivity contribution in [1.29, 1.82) is 0 Å². The number of aromatic hydroxyl groups is 1. The normalized spacial score (nSPS) is 10.1. The van der Waals surface area contributed by atoms with Crippen molar-refractivity contribution in [2.75, 3.05) is 0 Å². The summed E-state index contributed by atoms with van der Waals surface area (Å²) < 4.78 is 0. The van der Waals surface area contributed by atoms with E-state index < -0.39 is 5.97 Å². The highest BCUT2D eigenvalue weighted by atomic mass is 32.1. The SMILES string of the molecule is O=C(O)c1cc(O)c(C(=O)c2ccccc2)s1. The van der Waals surface area contributed by atoms with E-state index in [0.29, 0.717) is 5.56 Å². The third kappa shape index (κ3) is 2.19. The molecule has 5 heteroatoms. The van der Waals surface area contributed by atoms with Gasteiger partial charge in [-0.1, -0.05) is 30.3 Å². The number of carboxylic acid groups (broad SMARTS) is 1. The highest BCUT2D eigenvalue weighted by Crippen LogP contribution is 2.30. The molecule has 0 unspecified atom stereocenters. The Bertz CT molecular complexity index is 571. The predicted molar refractivity (Wildman–Crippen MR) is 62.8 cm³/mol. The molecule has 0 spiro atoms. The van der Waals surface area contributed by atoms with Crippen LogP contribution in [0.2, 0.25) is 0 Å². The Morgan fingerprint density at radius 2 is 1.76 bits per heavy atom. The highest BCUT2D eigenvalue weighted by molar-refractivity contribution is 7.16. The Balaban J connectivity index is 2.41. The van der Waals surface area contributed by atoms with Gasteiger partial charge < -0.3 is 10.2 Å². The molecule has 0 aliphatic rings. The molecule has 0 aliphatic carbocycles. The van der Waals surface area contributed by atoms with Gasteiger partial charge in [0.15, 0.2) is 0 Å². The zero-order valence-corrected chi connectivity index (χ0v) is 9.40. The summed E-state index contributed by atoms with van der Waals surface area (Å²) in [5.74, 6) is -1.82. The molecule has 2 rings (SSSR count). The van der Waals surface area contributed by atoms with Crippen LogP contribution in [0.15, 0.2) is 36.4 Å². The molecule has 86 valence electrons. The zero-order chi connectivity index (χ0) is 12.4. The number of carbonyl (C=O) groups is 2. The van der Waals surface area contributed by atoms with Crippen molar-refractivity contribution in [1.82, 2.24) is 0 Å². The van der Waals surface area contributed by atoms with Gasteiger partial charge in [-0.3, -0.25) is 4.79 Å². The van der Waals surface area contributed by atoms with E-state index in [1.165, 1.54) is 0 Å². The maximum Gasteiger partial charge on any atom is 0.346 e. The lowest BCUT2D eigenvalue weighted by Gasteiger charge is -1.97. The molecule has 0 fully saturated rings. The van der Waals surface area contributed by atoms with Crippen LogP contribution in [0.3, 0.4) is 0 Å². The standard InChI is InChI=1S/C12H8O4S/c13-8-6-9(12(15)16)17-11(8)10(14)7-4-2-1-3-5-7/h1-6,13H,(H,15,16). The second-order valence-electron chi connectivity index (χ2n) is 3.33. The molecule has 4 nitrogen and oxygen atoms in total. The largest absolute Gasteiger partial charge is 0.506 e. The first kappa shape index (κ1) is 11.3. The van der Waals surface area contributed by atoms with Crippen LogP contribution in [0.1, 0.15) is 24.9 Å². The van der Waals surface area contributed by atoms with Crippen molar-refractivity contribution in [2.45, 2.75) is 0 Å². The van der Waals surface area contributed by atoms with Crippen molar-refractivity contribution in [3.8, 4) is 5.75 Å². The molecule has 0 bridgehead atoms. The third-order valence-electron chi connectivity index (χ3n) is 2.17. The number of ketones is 1. The summed E-state index contributed by atoms with van der Waals surface area (Å²) in [6.07, 6.45) is 0. The molecule has 0 atom stereocenters. The summed E-state index contributed by atoms with van der Waals surface area (Å²) in [5, 5.41) is 18.3. The molecule has 17 heavy (non-hydrogen) atoms. The predicted octanol–water partition coefficient (Wildman–Crippen LogP) is 2.38.